The Balaban J connectivity index is 1.49. The van der Waals surface area contributed by atoms with Gasteiger partial charge in [0, 0.05) is 13.3 Å². The van der Waals surface area contributed by atoms with Gasteiger partial charge in [-0.15, -0.1) is 0 Å². The third-order valence-electron chi connectivity index (χ3n) is 10.2. The van der Waals surface area contributed by atoms with E-state index in [-0.39, 0.29) is 12.1 Å². The van der Waals surface area contributed by atoms with Crippen molar-refractivity contribution in [1.82, 2.24) is 0 Å². The van der Waals surface area contributed by atoms with Gasteiger partial charge in [0.25, 0.3) is 0 Å². The van der Waals surface area contributed by atoms with Crippen LogP contribution in [0.4, 0.5) is 0 Å². The Morgan fingerprint density at radius 1 is 1.22 bits per heavy atom. The van der Waals surface area contributed by atoms with Crippen LogP contribution in [-0.2, 0) is 9.53 Å². The number of esters is 1. The lowest BCUT2D eigenvalue weighted by molar-refractivity contribution is -0.148. The maximum Gasteiger partial charge on any atom is 0.302 e. The Morgan fingerprint density at radius 2 is 1.97 bits per heavy atom. The number of ether oxygens (including phenoxy) is 1. The molecular weight excluding hydrogens is 396 g/mol. The molecule has 0 spiro atoms. The summed E-state index contributed by atoms with van der Waals surface area (Å²) in [4.78, 5) is 11.5. The molecule has 32 heavy (non-hydrogen) atoms. The smallest absolute Gasteiger partial charge is 0.302 e. The van der Waals surface area contributed by atoms with Crippen molar-refractivity contribution in [1.29, 1.82) is 0 Å². The van der Waals surface area contributed by atoms with Gasteiger partial charge in [-0.1, -0.05) is 44.6 Å². The number of hydrogen-bond acceptors (Lipinski definition) is 3. The van der Waals surface area contributed by atoms with E-state index in [4.69, 9.17) is 4.74 Å². The van der Waals surface area contributed by atoms with E-state index in [1.165, 1.54) is 38.5 Å². The fourth-order valence-electron chi connectivity index (χ4n) is 8.57. The van der Waals surface area contributed by atoms with Crippen molar-refractivity contribution >= 4 is 5.97 Å². The Kier molecular flexibility index (Phi) is 6.46. The fraction of sp³-hybridized carbons (Fsp3) is 0.828. The Hall–Kier alpha value is -1.09. The topological polar surface area (TPSA) is 46.5 Å². The van der Waals surface area contributed by atoms with Gasteiger partial charge in [-0.25, -0.2) is 0 Å². The Bertz CT molecular complexity index is 774. The van der Waals surface area contributed by atoms with E-state index in [9.17, 15) is 9.90 Å². The number of fused-ring (bicyclic) bond motifs is 5. The van der Waals surface area contributed by atoms with E-state index in [1.54, 1.807) is 12.5 Å². The third-order valence-corrected chi connectivity index (χ3v) is 10.2. The van der Waals surface area contributed by atoms with Crippen molar-refractivity contribution in [2.24, 2.45) is 40.4 Å². The quantitative estimate of drug-likeness (QED) is 0.374. The van der Waals surface area contributed by atoms with Crippen molar-refractivity contribution in [3.63, 3.8) is 0 Å². The largest absolute Gasteiger partial charge is 0.462 e. The molecule has 3 nitrogen and oxygen atoms in total. The van der Waals surface area contributed by atoms with Gasteiger partial charge in [-0.05, 0) is 106 Å². The molecule has 8 atom stereocenters. The Labute approximate surface area is 196 Å². The van der Waals surface area contributed by atoms with Gasteiger partial charge in [-0.3, -0.25) is 4.79 Å². The SMILES string of the molecule is CC(=O)OC1CCC2(C)C(=CCC3C2CCC2(C)C(C(C)C=CCC(C)(C)O)CCC32)C1. The van der Waals surface area contributed by atoms with Gasteiger partial charge in [0.05, 0.1) is 5.60 Å². The molecule has 1 N–H and O–H groups in total. The van der Waals surface area contributed by atoms with Crippen LogP contribution in [0.15, 0.2) is 23.8 Å². The van der Waals surface area contributed by atoms with Gasteiger partial charge < -0.3 is 9.84 Å². The average Bonchev–Trinajstić information content (AvgIpc) is 3.04. The summed E-state index contributed by atoms with van der Waals surface area (Å²) in [6.45, 7) is 12.9. The highest BCUT2D eigenvalue weighted by atomic mass is 16.5. The van der Waals surface area contributed by atoms with Gasteiger partial charge in [0.15, 0.2) is 0 Å². The predicted octanol–water partition coefficient (Wildman–Crippen LogP) is 6.85. The minimum atomic E-state index is -0.619. The number of allylic oxidation sites excluding steroid dienone is 2. The summed E-state index contributed by atoms with van der Waals surface area (Å²) in [5.74, 6) is 3.63. The summed E-state index contributed by atoms with van der Waals surface area (Å²) >= 11 is 0. The van der Waals surface area contributed by atoms with Crippen LogP contribution in [0.25, 0.3) is 0 Å². The fourth-order valence-corrected chi connectivity index (χ4v) is 8.57. The number of aliphatic hydroxyl groups is 1. The lowest BCUT2D eigenvalue weighted by Gasteiger charge is -2.58. The van der Waals surface area contributed by atoms with Gasteiger partial charge >= 0.3 is 5.97 Å². The first-order valence-corrected chi connectivity index (χ1v) is 13.2. The summed E-state index contributed by atoms with van der Waals surface area (Å²) in [6, 6.07) is 0. The van der Waals surface area contributed by atoms with E-state index >= 15 is 0 Å². The maximum atomic E-state index is 11.5. The monoisotopic (exact) mass is 442 g/mol. The number of hydrogen-bond donors (Lipinski definition) is 1. The molecule has 0 bridgehead atoms. The van der Waals surface area contributed by atoms with Crippen molar-refractivity contribution in [2.75, 3.05) is 0 Å². The van der Waals surface area contributed by atoms with E-state index < -0.39 is 5.60 Å². The molecule has 3 saturated carbocycles. The second-order valence-electron chi connectivity index (χ2n) is 12.8. The minimum Gasteiger partial charge on any atom is -0.462 e. The molecule has 0 aromatic heterocycles. The number of rotatable bonds is 5. The van der Waals surface area contributed by atoms with Crippen LogP contribution in [0.5, 0.6) is 0 Å². The third kappa shape index (κ3) is 4.36. The molecule has 0 heterocycles. The summed E-state index contributed by atoms with van der Waals surface area (Å²) in [5, 5.41) is 10.1. The summed E-state index contributed by atoms with van der Waals surface area (Å²) in [7, 11) is 0. The summed E-state index contributed by atoms with van der Waals surface area (Å²) in [6.07, 6.45) is 17.8. The lowest BCUT2D eigenvalue weighted by Crippen LogP contribution is -2.51. The number of carbonyl (C=O) groups excluding carboxylic acids is 1. The van der Waals surface area contributed by atoms with Crippen molar-refractivity contribution in [2.45, 2.75) is 111 Å². The highest BCUT2D eigenvalue weighted by molar-refractivity contribution is 5.66. The molecule has 8 unspecified atom stereocenters. The van der Waals surface area contributed by atoms with Crippen LogP contribution < -0.4 is 0 Å². The first-order chi connectivity index (χ1) is 14.9. The van der Waals surface area contributed by atoms with Crippen LogP contribution in [0.1, 0.15) is 99.3 Å². The molecule has 180 valence electrons. The molecule has 0 radical (unpaired) electrons. The normalized spacial score (nSPS) is 42.6. The zero-order valence-corrected chi connectivity index (χ0v) is 21.3. The van der Waals surface area contributed by atoms with E-state index in [0.29, 0.717) is 16.7 Å². The van der Waals surface area contributed by atoms with E-state index in [1.807, 2.05) is 13.8 Å². The molecule has 0 saturated heterocycles. The molecule has 3 heteroatoms. The predicted molar refractivity (Wildman–Crippen MR) is 130 cm³/mol. The van der Waals surface area contributed by atoms with Crippen LogP contribution in [0, 0.1) is 40.4 Å². The molecule has 0 aromatic rings. The first kappa shape index (κ1) is 24.0. The zero-order chi connectivity index (χ0) is 23.3. The van der Waals surface area contributed by atoms with Crippen LogP contribution in [0.2, 0.25) is 0 Å². The van der Waals surface area contributed by atoms with Crippen LogP contribution in [0.3, 0.4) is 0 Å². The molecule has 3 fully saturated rings. The van der Waals surface area contributed by atoms with Crippen molar-refractivity contribution < 1.29 is 14.6 Å². The molecule has 4 aliphatic carbocycles. The summed E-state index contributed by atoms with van der Waals surface area (Å²) in [5.41, 5.74) is 1.71. The minimum absolute atomic E-state index is 0.0876. The molecule has 0 aliphatic heterocycles. The van der Waals surface area contributed by atoms with Gasteiger partial charge in [0.1, 0.15) is 6.10 Å². The second kappa shape index (κ2) is 8.60. The molecular formula is C29H46O3. The first-order valence-electron chi connectivity index (χ1n) is 13.2. The zero-order valence-electron chi connectivity index (χ0n) is 21.3. The standard InChI is InChI=1S/C29H46O3/c1-19(8-7-15-27(3,4)31)24-11-12-25-23-10-9-21-18-22(32-20(2)30)13-16-28(21,5)26(23)14-17-29(24,25)6/h7-9,19,22-26,31H,10-18H2,1-6H3. The molecule has 4 rings (SSSR count). The lowest BCUT2D eigenvalue weighted by atomic mass is 9.47. The summed E-state index contributed by atoms with van der Waals surface area (Å²) < 4.78 is 5.60. The molecule has 0 aromatic carbocycles. The molecule has 0 amide bonds. The van der Waals surface area contributed by atoms with Crippen molar-refractivity contribution in [3.05, 3.63) is 23.8 Å². The Morgan fingerprint density at radius 3 is 2.66 bits per heavy atom. The van der Waals surface area contributed by atoms with Gasteiger partial charge in [-0.2, -0.15) is 0 Å². The highest BCUT2D eigenvalue weighted by Gasteiger charge is 2.59. The average molecular weight is 443 g/mol. The van der Waals surface area contributed by atoms with Crippen LogP contribution in [-0.4, -0.2) is 22.8 Å². The van der Waals surface area contributed by atoms with Gasteiger partial charge in [0.2, 0.25) is 0 Å². The van der Waals surface area contributed by atoms with Crippen molar-refractivity contribution in [3.8, 4) is 0 Å². The van der Waals surface area contributed by atoms with E-state index in [0.717, 1.165) is 42.9 Å². The molecule has 4 aliphatic rings. The van der Waals surface area contributed by atoms with Crippen LogP contribution >= 0.6 is 0 Å². The van der Waals surface area contributed by atoms with E-state index in [2.05, 4.69) is 39.0 Å². The number of carbonyl (C=O) groups is 1. The highest BCUT2D eigenvalue weighted by Crippen LogP contribution is 2.67. The maximum absolute atomic E-state index is 11.5. The second-order valence-corrected chi connectivity index (χ2v) is 12.8.